The number of carbonyl (C=O) groups is 1. The van der Waals surface area contributed by atoms with Gasteiger partial charge in [0.05, 0.1) is 12.2 Å². The summed E-state index contributed by atoms with van der Waals surface area (Å²) >= 11 is 1.84. The molecule has 2 aliphatic heterocycles. The highest BCUT2D eigenvalue weighted by Gasteiger charge is 2.28. The van der Waals surface area contributed by atoms with E-state index in [1.165, 1.54) is 14.6 Å². The SMILES string of the molecule is O=C(CN1CCCSc2ccccc21)N1CCN(S(=O)(=O)/C=C/c2ccccc2)CC1. The standard InChI is InChI=1S/C23H27N3O3S2/c27-23(19-25-12-6-17-30-22-10-5-4-9-21(22)25)24-13-15-26(16-14-24)31(28,29)18-11-20-7-2-1-3-8-20/h1-5,7-11,18H,6,12-17,19H2/b18-11+. The van der Waals surface area contributed by atoms with Crippen LogP contribution >= 0.6 is 11.8 Å². The van der Waals surface area contributed by atoms with Crippen LogP contribution < -0.4 is 4.90 Å². The number of fused-ring (bicyclic) bond motifs is 1. The lowest BCUT2D eigenvalue weighted by molar-refractivity contribution is -0.130. The molecule has 2 heterocycles. The van der Waals surface area contributed by atoms with Crippen molar-refractivity contribution in [2.75, 3.05) is 49.9 Å². The highest BCUT2D eigenvalue weighted by atomic mass is 32.2. The van der Waals surface area contributed by atoms with Crippen LogP contribution in [0.5, 0.6) is 0 Å². The van der Waals surface area contributed by atoms with Gasteiger partial charge in [0.1, 0.15) is 0 Å². The predicted octanol–water partition coefficient (Wildman–Crippen LogP) is 3.13. The van der Waals surface area contributed by atoms with E-state index in [9.17, 15) is 13.2 Å². The van der Waals surface area contributed by atoms with E-state index in [4.69, 9.17) is 0 Å². The van der Waals surface area contributed by atoms with Crippen LogP contribution in [0.4, 0.5) is 5.69 Å². The van der Waals surface area contributed by atoms with E-state index in [-0.39, 0.29) is 5.91 Å². The van der Waals surface area contributed by atoms with Gasteiger partial charge >= 0.3 is 0 Å². The van der Waals surface area contributed by atoms with Crippen molar-refractivity contribution in [3.8, 4) is 0 Å². The van der Waals surface area contributed by atoms with Gasteiger partial charge in [0.25, 0.3) is 0 Å². The van der Waals surface area contributed by atoms with Gasteiger partial charge in [0.2, 0.25) is 15.9 Å². The van der Waals surface area contributed by atoms with E-state index in [1.807, 2.05) is 54.2 Å². The Morgan fingerprint density at radius 3 is 2.42 bits per heavy atom. The number of anilines is 1. The number of carbonyl (C=O) groups excluding carboxylic acids is 1. The number of para-hydroxylation sites is 1. The molecule has 1 fully saturated rings. The van der Waals surface area contributed by atoms with Gasteiger partial charge in [0, 0.05) is 43.0 Å². The Hall–Kier alpha value is -2.29. The number of amides is 1. The van der Waals surface area contributed by atoms with Gasteiger partial charge in [-0.15, -0.1) is 11.8 Å². The molecule has 0 N–H and O–H groups in total. The first-order valence-corrected chi connectivity index (χ1v) is 13.0. The van der Waals surface area contributed by atoms with Crippen LogP contribution in [0.2, 0.25) is 0 Å². The normalized spacial score (nSPS) is 18.1. The van der Waals surface area contributed by atoms with Gasteiger partial charge in [0.15, 0.2) is 0 Å². The first-order chi connectivity index (χ1) is 15.0. The Kier molecular flexibility index (Phi) is 6.99. The van der Waals surface area contributed by atoms with Crippen molar-refractivity contribution in [3.05, 3.63) is 65.6 Å². The van der Waals surface area contributed by atoms with Gasteiger partial charge in [-0.2, -0.15) is 4.31 Å². The summed E-state index contributed by atoms with van der Waals surface area (Å²) in [5.74, 6) is 1.10. The molecular weight excluding hydrogens is 430 g/mol. The maximum atomic E-state index is 13.0. The van der Waals surface area contributed by atoms with Crippen molar-refractivity contribution in [2.45, 2.75) is 11.3 Å². The molecule has 0 bridgehead atoms. The number of piperazine rings is 1. The highest BCUT2D eigenvalue weighted by Crippen LogP contribution is 2.33. The molecule has 4 rings (SSSR count). The highest BCUT2D eigenvalue weighted by molar-refractivity contribution is 7.99. The zero-order valence-corrected chi connectivity index (χ0v) is 19.0. The second-order valence-corrected chi connectivity index (χ2v) is 10.6. The summed E-state index contributed by atoms with van der Waals surface area (Å²) in [6, 6.07) is 17.6. The largest absolute Gasteiger partial charge is 0.361 e. The molecule has 8 heteroatoms. The van der Waals surface area contributed by atoms with E-state index in [0.29, 0.717) is 32.7 Å². The molecule has 2 aromatic carbocycles. The number of thioether (sulfide) groups is 1. The third-order valence-electron chi connectivity index (χ3n) is 5.55. The van der Waals surface area contributed by atoms with Crippen LogP contribution in [-0.2, 0) is 14.8 Å². The number of nitrogens with zero attached hydrogens (tertiary/aromatic N) is 3. The molecule has 164 valence electrons. The van der Waals surface area contributed by atoms with Crippen molar-refractivity contribution in [1.29, 1.82) is 0 Å². The summed E-state index contributed by atoms with van der Waals surface area (Å²) in [7, 11) is -3.50. The molecule has 0 saturated carbocycles. The number of hydrogen-bond acceptors (Lipinski definition) is 5. The van der Waals surface area contributed by atoms with Gasteiger partial charge in [-0.25, -0.2) is 8.42 Å². The quantitative estimate of drug-likeness (QED) is 0.690. The molecule has 1 amide bonds. The maximum Gasteiger partial charge on any atom is 0.242 e. The Morgan fingerprint density at radius 1 is 0.935 bits per heavy atom. The predicted molar refractivity (Wildman–Crippen MR) is 127 cm³/mol. The third-order valence-corrected chi connectivity index (χ3v) is 8.26. The Labute approximate surface area is 188 Å². The van der Waals surface area contributed by atoms with Crippen LogP contribution in [0.3, 0.4) is 0 Å². The lowest BCUT2D eigenvalue weighted by Crippen LogP contribution is -2.52. The molecule has 2 aromatic rings. The first kappa shape index (κ1) is 21.9. The van der Waals surface area contributed by atoms with Crippen molar-refractivity contribution in [2.24, 2.45) is 0 Å². The van der Waals surface area contributed by atoms with E-state index in [2.05, 4.69) is 17.0 Å². The van der Waals surface area contributed by atoms with Crippen molar-refractivity contribution in [1.82, 2.24) is 9.21 Å². The minimum absolute atomic E-state index is 0.0542. The first-order valence-electron chi connectivity index (χ1n) is 10.5. The van der Waals surface area contributed by atoms with E-state index >= 15 is 0 Å². The lowest BCUT2D eigenvalue weighted by Gasteiger charge is -2.35. The van der Waals surface area contributed by atoms with E-state index < -0.39 is 10.0 Å². The monoisotopic (exact) mass is 457 g/mol. The molecule has 31 heavy (non-hydrogen) atoms. The molecular formula is C23H27N3O3S2. The molecule has 0 atom stereocenters. The fourth-order valence-corrected chi connectivity index (χ4v) is 6.02. The smallest absolute Gasteiger partial charge is 0.242 e. The average molecular weight is 458 g/mol. The lowest BCUT2D eigenvalue weighted by atomic mass is 10.2. The molecule has 0 unspecified atom stereocenters. The van der Waals surface area contributed by atoms with Crippen molar-refractivity contribution >= 4 is 39.5 Å². The second kappa shape index (κ2) is 9.89. The van der Waals surface area contributed by atoms with Gasteiger partial charge < -0.3 is 9.80 Å². The molecule has 6 nitrogen and oxygen atoms in total. The Bertz CT molecular complexity index is 1030. The van der Waals surface area contributed by atoms with Crippen molar-refractivity contribution in [3.63, 3.8) is 0 Å². The molecule has 1 saturated heterocycles. The van der Waals surface area contributed by atoms with Crippen LogP contribution in [0, 0.1) is 0 Å². The summed E-state index contributed by atoms with van der Waals surface area (Å²) in [6.07, 6.45) is 2.65. The average Bonchev–Trinajstić information content (AvgIpc) is 3.01. The molecule has 0 radical (unpaired) electrons. The third kappa shape index (κ3) is 5.50. The number of hydrogen-bond donors (Lipinski definition) is 0. The van der Waals surface area contributed by atoms with Crippen molar-refractivity contribution < 1.29 is 13.2 Å². The summed E-state index contributed by atoms with van der Waals surface area (Å²) < 4.78 is 26.8. The zero-order valence-electron chi connectivity index (χ0n) is 17.4. The Balaban J connectivity index is 1.34. The minimum Gasteiger partial charge on any atom is -0.361 e. The summed E-state index contributed by atoms with van der Waals surface area (Å²) in [5, 5.41) is 1.26. The molecule has 2 aliphatic rings. The summed E-state index contributed by atoms with van der Waals surface area (Å²) in [4.78, 5) is 18.1. The minimum atomic E-state index is -3.50. The van der Waals surface area contributed by atoms with Crippen LogP contribution in [0.1, 0.15) is 12.0 Å². The zero-order chi connectivity index (χ0) is 21.7. The second-order valence-electron chi connectivity index (χ2n) is 7.63. The molecule has 0 aliphatic carbocycles. The number of sulfonamides is 1. The Morgan fingerprint density at radius 2 is 1.65 bits per heavy atom. The topological polar surface area (TPSA) is 60.9 Å². The van der Waals surface area contributed by atoms with Crippen LogP contribution in [-0.4, -0.2) is 68.6 Å². The van der Waals surface area contributed by atoms with Gasteiger partial charge in [-0.05, 0) is 35.9 Å². The summed E-state index contributed by atoms with van der Waals surface area (Å²) in [5.41, 5.74) is 1.96. The van der Waals surface area contributed by atoms with Gasteiger partial charge in [-0.3, -0.25) is 4.79 Å². The summed E-state index contributed by atoms with van der Waals surface area (Å²) in [6.45, 7) is 2.66. The fraction of sp³-hybridized carbons (Fsp3) is 0.348. The number of rotatable bonds is 5. The molecule has 0 spiro atoms. The van der Waals surface area contributed by atoms with Gasteiger partial charge in [-0.1, -0.05) is 42.5 Å². The van der Waals surface area contributed by atoms with Crippen LogP contribution in [0.15, 0.2) is 64.9 Å². The van der Waals surface area contributed by atoms with Crippen LogP contribution in [0.25, 0.3) is 6.08 Å². The maximum absolute atomic E-state index is 13.0. The fourth-order valence-electron chi connectivity index (χ4n) is 3.83. The number of benzene rings is 2. The van der Waals surface area contributed by atoms with E-state index in [0.717, 1.165) is 30.0 Å². The molecule has 0 aromatic heterocycles. The van der Waals surface area contributed by atoms with E-state index in [1.54, 1.807) is 11.0 Å².